The van der Waals surface area contributed by atoms with Crippen molar-refractivity contribution in [1.29, 1.82) is 0 Å². The highest BCUT2D eigenvalue weighted by molar-refractivity contribution is 7.11. The zero-order chi connectivity index (χ0) is 18.6. The maximum atomic E-state index is 12.7. The molecular weight excluding hydrogens is 359 g/mol. The normalized spacial score (nSPS) is 12.1. The van der Waals surface area contributed by atoms with Gasteiger partial charge in [0.25, 0.3) is 0 Å². The van der Waals surface area contributed by atoms with Crippen LogP contribution in [0.2, 0.25) is 0 Å². The van der Waals surface area contributed by atoms with Crippen LogP contribution in [0.3, 0.4) is 0 Å². The fourth-order valence-corrected chi connectivity index (χ4v) is 2.77. The van der Waals surface area contributed by atoms with Crippen LogP contribution in [0.15, 0.2) is 30.5 Å². The lowest BCUT2D eigenvalue weighted by molar-refractivity contribution is -0.137. The molecule has 134 valence electrons. The lowest BCUT2D eigenvalue weighted by atomic mass is 10.0. The van der Waals surface area contributed by atoms with Gasteiger partial charge in [-0.25, -0.2) is 4.79 Å². The Labute approximate surface area is 145 Å². The van der Waals surface area contributed by atoms with E-state index in [0.717, 1.165) is 6.26 Å². The number of ether oxygens (including phenoxy) is 2. The van der Waals surface area contributed by atoms with E-state index in [1.54, 1.807) is 24.3 Å². The quantitative estimate of drug-likeness (QED) is 0.609. The molecule has 0 fully saturated rings. The number of nitrogens with zero attached hydrogens (tertiary/aromatic N) is 1. The Morgan fingerprint density at radius 3 is 2.60 bits per heavy atom. The molecule has 5 nitrogen and oxygen atoms in total. The SMILES string of the molecule is CO/C=C(/C(=O)O)c1ccccc1COc1nc(C(F)(F)F)sc1C. The van der Waals surface area contributed by atoms with Crippen LogP contribution in [0.5, 0.6) is 5.88 Å². The van der Waals surface area contributed by atoms with Crippen LogP contribution in [0.4, 0.5) is 13.2 Å². The lowest BCUT2D eigenvalue weighted by Crippen LogP contribution is -2.07. The molecule has 0 bridgehead atoms. The molecule has 25 heavy (non-hydrogen) atoms. The molecule has 0 spiro atoms. The van der Waals surface area contributed by atoms with Gasteiger partial charge in [-0.2, -0.15) is 18.2 Å². The molecule has 1 heterocycles. The molecule has 9 heteroatoms. The number of rotatable bonds is 6. The number of carboxylic acid groups (broad SMARTS) is 1. The predicted molar refractivity (Wildman–Crippen MR) is 85.2 cm³/mol. The van der Waals surface area contributed by atoms with Crippen molar-refractivity contribution >= 4 is 22.9 Å². The second-order valence-corrected chi connectivity index (χ2v) is 6.10. The van der Waals surface area contributed by atoms with E-state index >= 15 is 0 Å². The maximum absolute atomic E-state index is 12.7. The van der Waals surface area contributed by atoms with Gasteiger partial charge in [-0.3, -0.25) is 0 Å². The van der Waals surface area contributed by atoms with Gasteiger partial charge >= 0.3 is 12.1 Å². The number of aromatic nitrogens is 1. The summed E-state index contributed by atoms with van der Waals surface area (Å²) >= 11 is 0.493. The maximum Gasteiger partial charge on any atom is 0.443 e. The van der Waals surface area contributed by atoms with Gasteiger partial charge < -0.3 is 14.6 Å². The van der Waals surface area contributed by atoms with Gasteiger partial charge in [0.2, 0.25) is 10.9 Å². The van der Waals surface area contributed by atoms with Crippen LogP contribution in [0, 0.1) is 6.92 Å². The van der Waals surface area contributed by atoms with E-state index in [-0.39, 0.29) is 22.9 Å². The van der Waals surface area contributed by atoms with Gasteiger partial charge in [0.15, 0.2) is 0 Å². The summed E-state index contributed by atoms with van der Waals surface area (Å²) in [6, 6.07) is 6.49. The molecule has 0 radical (unpaired) electrons. The first kappa shape index (κ1) is 18.8. The van der Waals surface area contributed by atoms with E-state index in [4.69, 9.17) is 9.47 Å². The number of aryl methyl sites for hydroxylation is 1. The number of carbonyl (C=O) groups is 1. The van der Waals surface area contributed by atoms with Crippen LogP contribution in [-0.2, 0) is 22.3 Å². The van der Waals surface area contributed by atoms with Gasteiger partial charge in [0.1, 0.15) is 12.2 Å². The van der Waals surface area contributed by atoms with Crippen LogP contribution in [0.25, 0.3) is 5.57 Å². The fraction of sp³-hybridized carbons (Fsp3) is 0.250. The highest BCUT2D eigenvalue weighted by Crippen LogP contribution is 2.36. The zero-order valence-corrected chi connectivity index (χ0v) is 14.1. The summed E-state index contributed by atoms with van der Waals surface area (Å²) in [5.74, 6) is -1.32. The Balaban J connectivity index is 2.27. The monoisotopic (exact) mass is 373 g/mol. The Morgan fingerprint density at radius 1 is 1.36 bits per heavy atom. The third-order valence-electron chi connectivity index (χ3n) is 3.13. The topological polar surface area (TPSA) is 68.7 Å². The molecular formula is C16H14F3NO4S. The Bertz CT molecular complexity index is 799. The molecule has 0 aliphatic rings. The van der Waals surface area contributed by atoms with E-state index in [2.05, 4.69) is 4.98 Å². The highest BCUT2D eigenvalue weighted by atomic mass is 32.1. The first-order valence-corrected chi connectivity index (χ1v) is 7.77. The van der Waals surface area contributed by atoms with Gasteiger partial charge in [-0.1, -0.05) is 24.3 Å². The molecule has 2 aromatic rings. The Hall–Kier alpha value is -2.55. The number of methoxy groups -OCH3 is 1. The molecule has 0 atom stereocenters. The number of aliphatic carboxylic acids is 1. The molecule has 1 N–H and O–H groups in total. The zero-order valence-electron chi connectivity index (χ0n) is 13.3. The second-order valence-electron chi connectivity index (χ2n) is 4.90. The third-order valence-corrected chi connectivity index (χ3v) is 4.13. The molecule has 0 aliphatic carbocycles. The predicted octanol–water partition coefficient (Wildman–Crippen LogP) is 4.12. The molecule has 0 saturated carbocycles. The van der Waals surface area contributed by atoms with Gasteiger partial charge in [-0.15, -0.1) is 11.3 Å². The van der Waals surface area contributed by atoms with Crippen molar-refractivity contribution in [2.45, 2.75) is 19.7 Å². The summed E-state index contributed by atoms with van der Waals surface area (Å²) < 4.78 is 48.2. The van der Waals surface area contributed by atoms with Gasteiger partial charge in [0.05, 0.1) is 18.2 Å². The van der Waals surface area contributed by atoms with Crippen molar-refractivity contribution in [1.82, 2.24) is 4.98 Å². The molecule has 0 aliphatic heterocycles. The van der Waals surface area contributed by atoms with E-state index < -0.39 is 17.2 Å². The number of hydrogen-bond acceptors (Lipinski definition) is 5. The molecule has 2 rings (SSSR count). The number of benzene rings is 1. The van der Waals surface area contributed by atoms with Gasteiger partial charge in [0, 0.05) is 0 Å². The van der Waals surface area contributed by atoms with Gasteiger partial charge in [-0.05, 0) is 18.1 Å². The van der Waals surface area contributed by atoms with E-state index in [0.29, 0.717) is 22.5 Å². The summed E-state index contributed by atoms with van der Waals surface area (Å²) in [7, 11) is 1.32. The second kappa shape index (κ2) is 7.56. The highest BCUT2D eigenvalue weighted by Gasteiger charge is 2.36. The number of halogens is 3. The summed E-state index contributed by atoms with van der Waals surface area (Å²) in [4.78, 5) is 15.1. The average molecular weight is 373 g/mol. The third kappa shape index (κ3) is 4.50. The first-order chi connectivity index (χ1) is 11.7. The van der Waals surface area contributed by atoms with Crippen molar-refractivity contribution in [3.05, 3.63) is 51.5 Å². The summed E-state index contributed by atoms with van der Waals surface area (Å²) in [5, 5.41) is 8.29. The smallest absolute Gasteiger partial charge is 0.443 e. The van der Waals surface area contributed by atoms with E-state index in [9.17, 15) is 23.1 Å². The minimum Gasteiger partial charge on any atom is -0.503 e. The first-order valence-electron chi connectivity index (χ1n) is 6.96. The van der Waals surface area contributed by atoms with Crippen LogP contribution in [0.1, 0.15) is 21.0 Å². The van der Waals surface area contributed by atoms with E-state index in [1.807, 2.05) is 0 Å². The molecule has 0 saturated heterocycles. The minimum atomic E-state index is -4.54. The largest absolute Gasteiger partial charge is 0.503 e. The summed E-state index contributed by atoms with van der Waals surface area (Å²) in [5.41, 5.74) is 0.739. The molecule has 0 unspecified atom stereocenters. The van der Waals surface area contributed by atoms with Crippen LogP contribution in [-0.4, -0.2) is 23.2 Å². The van der Waals surface area contributed by atoms with Crippen LogP contribution >= 0.6 is 11.3 Å². The number of alkyl halides is 3. The van der Waals surface area contributed by atoms with Crippen molar-refractivity contribution in [2.75, 3.05) is 7.11 Å². The fourth-order valence-electron chi connectivity index (χ4n) is 2.04. The van der Waals surface area contributed by atoms with Crippen molar-refractivity contribution in [3.63, 3.8) is 0 Å². The average Bonchev–Trinajstić information content (AvgIpc) is 2.92. The van der Waals surface area contributed by atoms with Crippen molar-refractivity contribution < 1.29 is 32.5 Å². The number of hydrogen-bond donors (Lipinski definition) is 1. The van der Waals surface area contributed by atoms with Crippen LogP contribution < -0.4 is 4.74 Å². The van der Waals surface area contributed by atoms with Crippen molar-refractivity contribution in [3.8, 4) is 5.88 Å². The lowest BCUT2D eigenvalue weighted by Gasteiger charge is -2.11. The standard InChI is InChI=1S/C16H14F3NO4S/c1-9-13(20-15(25-9)16(17,18)19)24-7-10-5-3-4-6-11(10)12(8-23-2)14(21)22/h3-6,8H,7H2,1-2H3,(H,21,22)/b12-8+. The Kier molecular flexibility index (Phi) is 5.68. The molecule has 0 amide bonds. The van der Waals surface area contributed by atoms with E-state index in [1.165, 1.54) is 14.0 Å². The number of carboxylic acids is 1. The summed E-state index contributed by atoms with van der Waals surface area (Å²) in [6.45, 7) is 1.34. The summed E-state index contributed by atoms with van der Waals surface area (Å²) in [6.07, 6.45) is -3.45. The number of thiazole rings is 1. The molecule has 1 aromatic heterocycles. The van der Waals surface area contributed by atoms with Crippen molar-refractivity contribution in [2.24, 2.45) is 0 Å². The molecule has 1 aromatic carbocycles. The Morgan fingerprint density at radius 2 is 2.04 bits per heavy atom. The minimum absolute atomic E-state index is 0.0901.